The van der Waals surface area contributed by atoms with E-state index in [2.05, 4.69) is 0 Å². The van der Waals surface area contributed by atoms with Crippen LogP contribution < -0.4 is 4.90 Å². The van der Waals surface area contributed by atoms with Crippen molar-refractivity contribution in [1.29, 1.82) is 0 Å². The Morgan fingerprint density at radius 3 is 2.65 bits per heavy atom. The second kappa shape index (κ2) is 6.30. The lowest BCUT2D eigenvalue weighted by Gasteiger charge is -2.23. The summed E-state index contributed by atoms with van der Waals surface area (Å²) in [6.07, 6.45) is 0.677. The molecule has 0 spiro atoms. The number of carboxylic acids is 1. The van der Waals surface area contributed by atoms with Crippen molar-refractivity contribution in [2.45, 2.75) is 19.4 Å². The maximum Gasteiger partial charge on any atom is 0.308 e. The molecular formula is C16H18Cl2N2O3. The molecule has 2 heterocycles. The lowest BCUT2D eigenvalue weighted by Crippen LogP contribution is -2.41. The topological polar surface area (TPSA) is 60.9 Å². The first-order chi connectivity index (χ1) is 10.9. The number of carboxylic acid groups (broad SMARTS) is 1. The van der Waals surface area contributed by atoms with Gasteiger partial charge >= 0.3 is 5.97 Å². The quantitative estimate of drug-likeness (QED) is 0.904. The van der Waals surface area contributed by atoms with Gasteiger partial charge in [-0.15, -0.1) is 0 Å². The summed E-state index contributed by atoms with van der Waals surface area (Å²) in [7, 11) is 0. The molecule has 0 bridgehead atoms. The summed E-state index contributed by atoms with van der Waals surface area (Å²) in [5, 5.41) is 10.2. The molecule has 0 aromatic heterocycles. The van der Waals surface area contributed by atoms with E-state index >= 15 is 0 Å². The molecule has 0 radical (unpaired) electrons. The minimum Gasteiger partial charge on any atom is -0.481 e. The molecular weight excluding hydrogens is 339 g/mol. The van der Waals surface area contributed by atoms with Gasteiger partial charge < -0.3 is 10.0 Å². The van der Waals surface area contributed by atoms with Crippen LogP contribution in [0, 0.1) is 11.8 Å². The Kier molecular flexibility index (Phi) is 4.54. The van der Waals surface area contributed by atoms with Crippen LogP contribution in [0.15, 0.2) is 18.2 Å². The van der Waals surface area contributed by atoms with E-state index in [1.807, 2.05) is 11.8 Å². The third kappa shape index (κ3) is 3.05. The van der Waals surface area contributed by atoms with E-state index in [0.717, 1.165) is 0 Å². The number of benzene rings is 1. The molecule has 0 saturated carbocycles. The van der Waals surface area contributed by atoms with Crippen LogP contribution in [0.1, 0.15) is 13.3 Å². The fraction of sp³-hybridized carbons (Fsp3) is 0.500. The van der Waals surface area contributed by atoms with Gasteiger partial charge in [-0.2, -0.15) is 0 Å². The van der Waals surface area contributed by atoms with E-state index < -0.39 is 11.9 Å². The first-order valence-corrected chi connectivity index (χ1v) is 8.37. The monoisotopic (exact) mass is 356 g/mol. The van der Waals surface area contributed by atoms with Gasteiger partial charge in [0.1, 0.15) is 0 Å². The highest BCUT2D eigenvalue weighted by Gasteiger charge is 2.44. The Hall–Kier alpha value is -1.30. The van der Waals surface area contributed by atoms with Crippen molar-refractivity contribution in [3.05, 3.63) is 28.2 Å². The zero-order chi connectivity index (χ0) is 16.7. The molecule has 1 aromatic carbocycles. The van der Waals surface area contributed by atoms with Crippen molar-refractivity contribution in [3.63, 3.8) is 0 Å². The highest BCUT2D eigenvalue weighted by Crippen LogP contribution is 2.34. The van der Waals surface area contributed by atoms with Crippen LogP contribution in [-0.4, -0.2) is 47.6 Å². The molecule has 3 rings (SSSR count). The van der Waals surface area contributed by atoms with Gasteiger partial charge in [0, 0.05) is 24.7 Å². The van der Waals surface area contributed by atoms with Crippen molar-refractivity contribution >= 4 is 40.8 Å². The predicted molar refractivity (Wildman–Crippen MR) is 89.1 cm³/mol. The van der Waals surface area contributed by atoms with Crippen molar-refractivity contribution < 1.29 is 14.7 Å². The summed E-state index contributed by atoms with van der Waals surface area (Å²) < 4.78 is 0. The van der Waals surface area contributed by atoms with Gasteiger partial charge in [-0.3, -0.25) is 14.5 Å². The number of hydrogen-bond acceptors (Lipinski definition) is 3. The standard InChI is InChI=1S/C16H18Cl2N2O3/c1-9-7-19(8-11(9)16(22)23)14-4-5-20(15(14)21)13-3-2-10(17)6-12(13)18/h2-3,6,9,11,14H,4-5,7-8H2,1H3,(H,22,23)/t9-,11-,14?/m1/s1. The Labute approximate surface area is 144 Å². The molecule has 1 unspecified atom stereocenters. The molecule has 1 amide bonds. The van der Waals surface area contributed by atoms with E-state index in [1.54, 1.807) is 23.1 Å². The van der Waals surface area contributed by atoms with Gasteiger partial charge in [0.15, 0.2) is 0 Å². The summed E-state index contributed by atoms with van der Waals surface area (Å²) in [6, 6.07) is 4.81. The maximum absolute atomic E-state index is 12.8. The second-order valence-electron chi connectivity index (χ2n) is 6.27. The third-order valence-corrected chi connectivity index (χ3v) is 5.31. The van der Waals surface area contributed by atoms with Crippen LogP contribution in [-0.2, 0) is 9.59 Å². The van der Waals surface area contributed by atoms with Gasteiger partial charge in [-0.1, -0.05) is 30.1 Å². The second-order valence-corrected chi connectivity index (χ2v) is 7.11. The number of amides is 1. The number of aliphatic carboxylic acids is 1. The number of hydrogen-bond donors (Lipinski definition) is 1. The molecule has 2 saturated heterocycles. The molecule has 0 aliphatic carbocycles. The fourth-order valence-corrected chi connectivity index (χ4v) is 4.03. The van der Waals surface area contributed by atoms with Crippen LogP contribution in [0.4, 0.5) is 5.69 Å². The highest BCUT2D eigenvalue weighted by atomic mass is 35.5. The summed E-state index contributed by atoms with van der Waals surface area (Å²) in [5.41, 5.74) is 0.658. The Balaban J connectivity index is 1.76. The Morgan fingerprint density at radius 1 is 1.30 bits per heavy atom. The number of halogens is 2. The maximum atomic E-state index is 12.8. The van der Waals surface area contributed by atoms with Gasteiger partial charge in [-0.05, 0) is 30.5 Å². The smallest absolute Gasteiger partial charge is 0.308 e. The van der Waals surface area contributed by atoms with Gasteiger partial charge in [0.25, 0.3) is 0 Å². The Bertz CT molecular complexity index is 652. The van der Waals surface area contributed by atoms with Crippen molar-refractivity contribution in [2.75, 3.05) is 24.5 Å². The number of carbonyl (C=O) groups excluding carboxylic acids is 1. The van der Waals surface area contributed by atoms with Gasteiger partial charge in [0.05, 0.1) is 22.7 Å². The van der Waals surface area contributed by atoms with Gasteiger partial charge in [-0.25, -0.2) is 0 Å². The molecule has 3 atom stereocenters. The van der Waals surface area contributed by atoms with Crippen LogP contribution in [0.5, 0.6) is 0 Å². The summed E-state index contributed by atoms with van der Waals surface area (Å²) in [5.74, 6) is -1.17. The zero-order valence-corrected chi connectivity index (χ0v) is 14.2. The molecule has 1 N–H and O–H groups in total. The number of carbonyl (C=O) groups is 2. The molecule has 2 fully saturated rings. The average Bonchev–Trinajstić information content (AvgIpc) is 3.02. The summed E-state index contributed by atoms with van der Waals surface area (Å²) >= 11 is 12.1. The highest BCUT2D eigenvalue weighted by molar-refractivity contribution is 6.36. The number of likely N-dealkylation sites (tertiary alicyclic amines) is 1. The fourth-order valence-electron chi connectivity index (χ4n) is 3.52. The minimum atomic E-state index is -0.789. The van der Waals surface area contributed by atoms with E-state index in [0.29, 0.717) is 41.8 Å². The van der Waals surface area contributed by atoms with Crippen LogP contribution in [0.25, 0.3) is 0 Å². The first-order valence-electron chi connectivity index (χ1n) is 7.61. The predicted octanol–water partition coefficient (Wildman–Crippen LogP) is 2.75. The molecule has 23 heavy (non-hydrogen) atoms. The molecule has 2 aliphatic rings. The number of nitrogens with zero attached hydrogens (tertiary/aromatic N) is 2. The largest absolute Gasteiger partial charge is 0.481 e. The van der Waals surface area contributed by atoms with Crippen LogP contribution in [0.2, 0.25) is 10.0 Å². The molecule has 5 nitrogen and oxygen atoms in total. The lowest BCUT2D eigenvalue weighted by molar-refractivity contribution is -0.142. The van der Waals surface area contributed by atoms with Crippen LogP contribution >= 0.6 is 23.2 Å². The third-order valence-electron chi connectivity index (χ3n) is 4.78. The summed E-state index contributed by atoms with van der Waals surface area (Å²) in [6.45, 7) is 3.56. The summed E-state index contributed by atoms with van der Waals surface area (Å²) in [4.78, 5) is 27.7. The SMILES string of the molecule is C[C@@H]1CN(C2CCN(c3ccc(Cl)cc3Cl)C2=O)C[C@H]1C(=O)O. The van der Waals surface area contributed by atoms with E-state index in [1.165, 1.54) is 0 Å². The zero-order valence-electron chi connectivity index (χ0n) is 12.7. The van der Waals surface area contributed by atoms with Gasteiger partial charge in [0.2, 0.25) is 5.91 Å². The normalized spacial score (nSPS) is 28.6. The Morgan fingerprint density at radius 2 is 2.04 bits per heavy atom. The average molecular weight is 357 g/mol. The van der Waals surface area contributed by atoms with Crippen LogP contribution in [0.3, 0.4) is 0 Å². The van der Waals surface area contributed by atoms with E-state index in [-0.39, 0.29) is 17.9 Å². The molecule has 7 heteroatoms. The molecule has 1 aromatic rings. The minimum absolute atomic E-state index is 0.0209. The van der Waals surface area contributed by atoms with E-state index in [4.69, 9.17) is 23.2 Å². The number of anilines is 1. The van der Waals surface area contributed by atoms with Crippen molar-refractivity contribution in [2.24, 2.45) is 11.8 Å². The van der Waals surface area contributed by atoms with Crippen molar-refractivity contribution in [1.82, 2.24) is 4.90 Å². The number of rotatable bonds is 3. The molecule has 2 aliphatic heterocycles. The lowest BCUT2D eigenvalue weighted by atomic mass is 9.99. The first kappa shape index (κ1) is 16.6. The van der Waals surface area contributed by atoms with Crippen molar-refractivity contribution in [3.8, 4) is 0 Å². The molecule has 124 valence electrons. The van der Waals surface area contributed by atoms with E-state index in [9.17, 15) is 14.7 Å².